The van der Waals surface area contributed by atoms with Gasteiger partial charge in [-0.25, -0.2) is 4.90 Å². The van der Waals surface area contributed by atoms with Crippen molar-refractivity contribution in [2.45, 2.75) is 18.0 Å². The smallest absolute Gasteiger partial charge is 0.250 e. The highest BCUT2D eigenvalue weighted by atomic mass is 35.5. The van der Waals surface area contributed by atoms with E-state index in [-0.39, 0.29) is 11.8 Å². The molecule has 1 aromatic heterocycles. The maximum atomic E-state index is 14.1. The fraction of sp³-hybridized carbons (Fsp3) is 0.207. The van der Waals surface area contributed by atoms with E-state index in [0.29, 0.717) is 34.1 Å². The Morgan fingerprint density at radius 2 is 1.79 bits per heavy atom. The molecular weight excluding hydrogens is 504 g/mol. The Labute approximate surface area is 222 Å². The van der Waals surface area contributed by atoms with Crippen LogP contribution in [0, 0.1) is 11.8 Å². The fourth-order valence-electron chi connectivity index (χ4n) is 6.47. The number of nitrogens with one attached hydrogen (secondary N) is 3. The molecule has 3 aromatic carbocycles. The van der Waals surface area contributed by atoms with Crippen LogP contribution in [0.2, 0.25) is 5.02 Å². The zero-order valence-corrected chi connectivity index (χ0v) is 21.1. The molecule has 3 N–H and O–H groups in total. The third-order valence-corrected chi connectivity index (χ3v) is 8.36. The number of nitrogens with zero attached hydrogens (tertiary/aromatic N) is 1. The maximum absolute atomic E-state index is 14.1. The SMILES string of the molecule is COc1ccc(N2C(=O)[C@@H]3[C@H](Cc4c[nH]c5ccccc45)N[C@]4(C(=O)Nc5ccc(Cl)cc54)[C@@H]3C2=O)cc1. The molecule has 8 nitrogen and oxygen atoms in total. The molecule has 0 radical (unpaired) electrons. The van der Waals surface area contributed by atoms with Crippen molar-refractivity contribution in [3.05, 3.63) is 89.1 Å². The van der Waals surface area contributed by atoms with Gasteiger partial charge in [0.05, 0.1) is 24.6 Å². The highest BCUT2D eigenvalue weighted by Crippen LogP contribution is 2.54. The van der Waals surface area contributed by atoms with Crippen LogP contribution < -0.4 is 20.3 Å². The van der Waals surface area contributed by atoms with Gasteiger partial charge in [-0.3, -0.25) is 19.7 Å². The second kappa shape index (κ2) is 8.18. The number of hydrogen-bond acceptors (Lipinski definition) is 5. The molecule has 0 aliphatic carbocycles. The molecular formula is C29H23ClN4O4. The lowest BCUT2D eigenvalue weighted by molar-refractivity contribution is -0.130. The zero-order valence-electron chi connectivity index (χ0n) is 20.3. The molecule has 7 rings (SSSR count). The predicted molar refractivity (Wildman–Crippen MR) is 143 cm³/mol. The summed E-state index contributed by atoms with van der Waals surface area (Å²) in [6.45, 7) is 0. The number of aromatic nitrogens is 1. The minimum absolute atomic E-state index is 0.331. The van der Waals surface area contributed by atoms with Gasteiger partial charge in [0.25, 0.3) is 0 Å². The van der Waals surface area contributed by atoms with Gasteiger partial charge >= 0.3 is 0 Å². The molecule has 3 aliphatic rings. The largest absolute Gasteiger partial charge is 0.497 e. The minimum Gasteiger partial charge on any atom is -0.497 e. The first-order valence-electron chi connectivity index (χ1n) is 12.4. The lowest BCUT2D eigenvalue weighted by Crippen LogP contribution is -2.53. The monoisotopic (exact) mass is 526 g/mol. The van der Waals surface area contributed by atoms with E-state index in [9.17, 15) is 14.4 Å². The number of benzene rings is 3. The fourth-order valence-corrected chi connectivity index (χ4v) is 6.64. The summed E-state index contributed by atoms with van der Waals surface area (Å²) in [5.74, 6) is -2.18. The van der Waals surface area contributed by atoms with E-state index in [1.165, 1.54) is 4.90 Å². The second-order valence-corrected chi connectivity index (χ2v) is 10.4. The Morgan fingerprint density at radius 3 is 2.58 bits per heavy atom. The molecule has 0 saturated carbocycles. The third kappa shape index (κ3) is 3.04. The van der Waals surface area contributed by atoms with Crippen LogP contribution in [-0.4, -0.2) is 35.9 Å². The first-order chi connectivity index (χ1) is 18.4. The first kappa shape index (κ1) is 23.0. The normalized spacial score (nSPS) is 25.8. The number of aromatic amines is 1. The molecule has 4 heterocycles. The Kier molecular flexibility index (Phi) is 4.95. The highest BCUT2D eigenvalue weighted by molar-refractivity contribution is 6.31. The van der Waals surface area contributed by atoms with Crippen LogP contribution in [-0.2, 0) is 26.3 Å². The molecule has 0 unspecified atom stereocenters. The number of para-hydroxylation sites is 1. The number of imide groups is 1. The van der Waals surface area contributed by atoms with Crippen LogP contribution in [0.15, 0.2) is 72.9 Å². The van der Waals surface area contributed by atoms with Gasteiger partial charge in [-0.05, 0) is 60.5 Å². The number of amides is 3. The molecule has 2 saturated heterocycles. The van der Waals surface area contributed by atoms with E-state index >= 15 is 0 Å². The van der Waals surface area contributed by atoms with Crippen LogP contribution in [0.3, 0.4) is 0 Å². The van der Waals surface area contributed by atoms with Gasteiger partial charge in [-0.15, -0.1) is 0 Å². The van der Waals surface area contributed by atoms with E-state index in [4.69, 9.17) is 16.3 Å². The van der Waals surface area contributed by atoms with Crippen molar-refractivity contribution >= 4 is 51.6 Å². The van der Waals surface area contributed by atoms with Gasteiger partial charge in [0, 0.05) is 39.4 Å². The molecule has 4 atom stereocenters. The number of carbonyl (C=O) groups excluding carboxylic acids is 3. The summed E-state index contributed by atoms with van der Waals surface area (Å²) in [4.78, 5) is 46.4. The topological polar surface area (TPSA) is 104 Å². The van der Waals surface area contributed by atoms with Crippen molar-refractivity contribution in [3.8, 4) is 5.75 Å². The molecule has 190 valence electrons. The Bertz CT molecular complexity index is 1650. The number of methoxy groups -OCH3 is 1. The average molecular weight is 527 g/mol. The van der Waals surface area contributed by atoms with Crippen LogP contribution >= 0.6 is 11.6 Å². The van der Waals surface area contributed by atoms with Gasteiger partial charge < -0.3 is 15.0 Å². The standard InChI is InChI=1S/C29H23ClN4O4/c1-38-18-9-7-17(8-10-18)34-26(35)24-23(12-15-14-31-21-5-3-2-4-19(15)21)33-29(25(24)27(34)36)20-13-16(30)6-11-22(20)32-28(29)37/h2-11,13-14,23-25,31,33H,12H2,1H3,(H,32,37)/t23-,24+,25-,29-/m0/s1. The van der Waals surface area contributed by atoms with Crippen molar-refractivity contribution in [1.29, 1.82) is 0 Å². The van der Waals surface area contributed by atoms with E-state index in [0.717, 1.165) is 16.5 Å². The van der Waals surface area contributed by atoms with Gasteiger partial charge in [-0.1, -0.05) is 29.8 Å². The molecule has 1 spiro atoms. The van der Waals surface area contributed by atoms with Crippen molar-refractivity contribution in [3.63, 3.8) is 0 Å². The summed E-state index contributed by atoms with van der Waals surface area (Å²) in [5, 5.41) is 7.89. The van der Waals surface area contributed by atoms with Gasteiger partial charge in [0.1, 0.15) is 11.3 Å². The van der Waals surface area contributed by atoms with Gasteiger partial charge in [-0.2, -0.15) is 0 Å². The summed E-state index contributed by atoms with van der Waals surface area (Å²) in [7, 11) is 1.55. The summed E-state index contributed by atoms with van der Waals surface area (Å²) in [6.07, 6.45) is 2.37. The highest BCUT2D eigenvalue weighted by Gasteiger charge is 2.70. The minimum atomic E-state index is -1.42. The van der Waals surface area contributed by atoms with Crippen molar-refractivity contribution in [1.82, 2.24) is 10.3 Å². The van der Waals surface area contributed by atoms with Crippen LogP contribution in [0.25, 0.3) is 10.9 Å². The van der Waals surface area contributed by atoms with Crippen LogP contribution in [0.1, 0.15) is 11.1 Å². The maximum Gasteiger partial charge on any atom is 0.250 e. The summed E-state index contributed by atoms with van der Waals surface area (Å²) in [6, 6.07) is 19.4. The first-order valence-corrected chi connectivity index (χ1v) is 12.8. The van der Waals surface area contributed by atoms with Crippen molar-refractivity contribution < 1.29 is 19.1 Å². The average Bonchev–Trinajstić information content (AvgIpc) is 3.63. The van der Waals surface area contributed by atoms with E-state index in [1.807, 2.05) is 30.5 Å². The molecule has 0 bridgehead atoms. The molecule has 3 aliphatic heterocycles. The lowest BCUT2D eigenvalue weighted by atomic mass is 9.76. The van der Waals surface area contributed by atoms with Crippen LogP contribution in [0.5, 0.6) is 5.75 Å². The molecule has 4 aromatic rings. The van der Waals surface area contributed by atoms with Gasteiger partial charge in [0.2, 0.25) is 17.7 Å². The summed E-state index contributed by atoms with van der Waals surface area (Å²) < 4.78 is 5.24. The predicted octanol–water partition coefficient (Wildman–Crippen LogP) is 4.00. The van der Waals surface area contributed by atoms with Gasteiger partial charge in [0.15, 0.2) is 0 Å². The van der Waals surface area contributed by atoms with Crippen LogP contribution in [0.4, 0.5) is 11.4 Å². The number of carbonyl (C=O) groups is 3. The molecule has 2 fully saturated rings. The number of rotatable bonds is 4. The molecule has 3 amide bonds. The number of fused-ring (bicyclic) bond motifs is 5. The van der Waals surface area contributed by atoms with Crippen molar-refractivity contribution in [2.24, 2.45) is 11.8 Å². The Hall–Kier alpha value is -4.14. The summed E-state index contributed by atoms with van der Waals surface area (Å²) >= 11 is 6.37. The number of H-pyrrole nitrogens is 1. The Balaban J connectivity index is 1.37. The van der Waals surface area contributed by atoms with E-state index in [1.54, 1.807) is 49.6 Å². The molecule has 9 heteroatoms. The lowest BCUT2D eigenvalue weighted by Gasteiger charge is -2.29. The third-order valence-electron chi connectivity index (χ3n) is 8.12. The number of halogens is 1. The quantitative estimate of drug-likeness (QED) is 0.349. The Morgan fingerprint density at radius 1 is 1.00 bits per heavy atom. The number of ether oxygens (including phenoxy) is 1. The number of hydrogen-bond donors (Lipinski definition) is 3. The number of anilines is 2. The van der Waals surface area contributed by atoms with E-state index < -0.39 is 29.3 Å². The summed E-state index contributed by atoms with van der Waals surface area (Å²) in [5.41, 5.74) is 2.18. The molecule has 38 heavy (non-hydrogen) atoms. The second-order valence-electron chi connectivity index (χ2n) is 9.98. The zero-order chi connectivity index (χ0) is 26.2. The van der Waals surface area contributed by atoms with Crippen molar-refractivity contribution in [2.75, 3.05) is 17.3 Å². The van der Waals surface area contributed by atoms with E-state index in [2.05, 4.69) is 15.6 Å².